The predicted octanol–water partition coefficient (Wildman–Crippen LogP) is 4.11. The predicted molar refractivity (Wildman–Crippen MR) is 97.3 cm³/mol. The smallest absolute Gasteiger partial charge is 0.311 e. The standard InChI is InChI=1S/C18H17Cl2NO4/c1-11(18(23)21-13-4-3-5-14(10-13)24-2)25-17(22)9-12-6-7-15(19)16(20)8-12/h3-8,10-11H,9H2,1-2H3,(H,21,23)/t11-/m1/s1. The molecule has 132 valence electrons. The molecule has 2 aromatic carbocycles. The molecule has 0 unspecified atom stereocenters. The number of carbonyl (C=O) groups excluding carboxylic acids is 2. The van der Waals surface area contributed by atoms with Crippen LogP contribution in [0.5, 0.6) is 5.75 Å². The van der Waals surface area contributed by atoms with Gasteiger partial charge in [0.25, 0.3) is 5.91 Å². The Balaban J connectivity index is 1.91. The third kappa shape index (κ3) is 5.66. The van der Waals surface area contributed by atoms with Gasteiger partial charge in [-0.3, -0.25) is 9.59 Å². The largest absolute Gasteiger partial charge is 0.497 e. The van der Waals surface area contributed by atoms with Crippen LogP contribution in [0.25, 0.3) is 0 Å². The van der Waals surface area contributed by atoms with E-state index in [0.29, 0.717) is 27.0 Å². The number of hydrogen-bond donors (Lipinski definition) is 1. The molecule has 0 aromatic heterocycles. The monoisotopic (exact) mass is 381 g/mol. The van der Waals surface area contributed by atoms with Gasteiger partial charge in [-0.25, -0.2) is 0 Å². The summed E-state index contributed by atoms with van der Waals surface area (Å²) in [7, 11) is 1.54. The molecular weight excluding hydrogens is 365 g/mol. The van der Waals surface area contributed by atoms with Crippen molar-refractivity contribution in [2.45, 2.75) is 19.4 Å². The molecule has 2 aromatic rings. The maximum Gasteiger partial charge on any atom is 0.311 e. The first-order valence-electron chi connectivity index (χ1n) is 7.47. The lowest BCUT2D eigenvalue weighted by molar-refractivity contribution is -0.152. The molecule has 7 heteroatoms. The highest BCUT2D eigenvalue weighted by atomic mass is 35.5. The van der Waals surface area contributed by atoms with Gasteiger partial charge in [-0.1, -0.05) is 35.3 Å². The molecule has 1 atom stereocenters. The van der Waals surface area contributed by atoms with Crippen LogP contribution < -0.4 is 10.1 Å². The number of hydrogen-bond acceptors (Lipinski definition) is 4. The van der Waals surface area contributed by atoms with Crippen molar-refractivity contribution in [3.63, 3.8) is 0 Å². The van der Waals surface area contributed by atoms with Crippen LogP contribution in [0.1, 0.15) is 12.5 Å². The van der Waals surface area contributed by atoms with Crippen LogP contribution in [-0.4, -0.2) is 25.1 Å². The number of benzene rings is 2. The van der Waals surface area contributed by atoms with Crippen LogP contribution >= 0.6 is 23.2 Å². The highest BCUT2D eigenvalue weighted by Crippen LogP contribution is 2.23. The van der Waals surface area contributed by atoms with Crippen molar-refractivity contribution < 1.29 is 19.1 Å². The van der Waals surface area contributed by atoms with Crippen molar-refractivity contribution >= 4 is 40.8 Å². The molecule has 0 radical (unpaired) electrons. The molecular formula is C18H17Cl2NO4. The van der Waals surface area contributed by atoms with Gasteiger partial charge in [-0.15, -0.1) is 0 Å². The average molecular weight is 382 g/mol. The third-order valence-corrected chi connectivity index (χ3v) is 4.09. The van der Waals surface area contributed by atoms with Gasteiger partial charge in [0.05, 0.1) is 23.6 Å². The van der Waals surface area contributed by atoms with E-state index in [-0.39, 0.29) is 6.42 Å². The second-order valence-corrected chi connectivity index (χ2v) is 6.09. The van der Waals surface area contributed by atoms with Crippen LogP contribution in [0.15, 0.2) is 42.5 Å². The number of esters is 1. The second kappa shape index (κ2) is 8.74. The fraction of sp³-hybridized carbons (Fsp3) is 0.222. The van der Waals surface area contributed by atoms with Crippen LogP contribution in [0.2, 0.25) is 10.0 Å². The van der Waals surface area contributed by atoms with E-state index >= 15 is 0 Å². The zero-order chi connectivity index (χ0) is 18.4. The lowest BCUT2D eigenvalue weighted by atomic mass is 10.1. The van der Waals surface area contributed by atoms with Gasteiger partial charge in [0.15, 0.2) is 6.10 Å². The van der Waals surface area contributed by atoms with Gasteiger partial charge in [-0.05, 0) is 36.8 Å². The van der Waals surface area contributed by atoms with Crippen LogP contribution in [0, 0.1) is 0 Å². The topological polar surface area (TPSA) is 64.6 Å². The first-order valence-corrected chi connectivity index (χ1v) is 8.23. The van der Waals surface area contributed by atoms with Crippen LogP contribution in [0.3, 0.4) is 0 Å². The van der Waals surface area contributed by atoms with Crippen molar-refractivity contribution in [3.8, 4) is 5.75 Å². The van der Waals surface area contributed by atoms with Crippen molar-refractivity contribution in [2.24, 2.45) is 0 Å². The summed E-state index contributed by atoms with van der Waals surface area (Å²) >= 11 is 11.7. The number of rotatable bonds is 6. The Morgan fingerprint density at radius 3 is 2.56 bits per heavy atom. The molecule has 5 nitrogen and oxygen atoms in total. The Morgan fingerprint density at radius 1 is 1.12 bits per heavy atom. The van der Waals surface area contributed by atoms with E-state index in [0.717, 1.165) is 0 Å². The summed E-state index contributed by atoms with van der Waals surface area (Å²) in [6.07, 6.45) is -0.949. The Labute approximate surface area is 155 Å². The summed E-state index contributed by atoms with van der Waals surface area (Å²) in [4.78, 5) is 24.1. The molecule has 25 heavy (non-hydrogen) atoms. The molecule has 0 saturated carbocycles. The Morgan fingerprint density at radius 2 is 1.88 bits per heavy atom. The first kappa shape index (κ1) is 19.1. The maximum absolute atomic E-state index is 12.1. The van der Waals surface area contributed by atoms with E-state index in [1.807, 2.05) is 0 Å². The minimum Gasteiger partial charge on any atom is -0.497 e. The number of halogens is 2. The molecule has 0 saturated heterocycles. The van der Waals surface area contributed by atoms with E-state index < -0.39 is 18.0 Å². The first-order chi connectivity index (χ1) is 11.9. The Hall–Kier alpha value is -2.24. The van der Waals surface area contributed by atoms with E-state index in [4.69, 9.17) is 32.7 Å². The lowest BCUT2D eigenvalue weighted by Gasteiger charge is -2.14. The van der Waals surface area contributed by atoms with E-state index in [1.165, 1.54) is 14.0 Å². The summed E-state index contributed by atoms with van der Waals surface area (Å²) in [6, 6.07) is 11.8. The van der Waals surface area contributed by atoms with Crippen LogP contribution in [-0.2, 0) is 20.7 Å². The molecule has 0 aliphatic heterocycles. The number of anilines is 1. The quantitative estimate of drug-likeness (QED) is 0.764. The van der Waals surface area contributed by atoms with Gasteiger partial charge in [0, 0.05) is 11.8 Å². The van der Waals surface area contributed by atoms with Gasteiger partial charge in [0.2, 0.25) is 0 Å². The molecule has 0 spiro atoms. The van der Waals surface area contributed by atoms with Crippen molar-refractivity contribution in [1.29, 1.82) is 0 Å². The number of nitrogens with one attached hydrogen (secondary N) is 1. The summed E-state index contributed by atoms with van der Waals surface area (Å²) in [6.45, 7) is 1.50. The third-order valence-electron chi connectivity index (χ3n) is 3.35. The van der Waals surface area contributed by atoms with Crippen molar-refractivity contribution in [1.82, 2.24) is 0 Å². The van der Waals surface area contributed by atoms with Crippen LogP contribution in [0.4, 0.5) is 5.69 Å². The Bertz CT molecular complexity index is 779. The fourth-order valence-corrected chi connectivity index (χ4v) is 2.37. The number of methoxy groups -OCH3 is 1. The number of carbonyl (C=O) groups is 2. The molecule has 2 rings (SSSR count). The van der Waals surface area contributed by atoms with E-state index in [1.54, 1.807) is 42.5 Å². The number of amides is 1. The van der Waals surface area contributed by atoms with E-state index in [2.05, 4.69) is 5.32 Å². The average Bonchev–Trinajstić information content (AvgIpc) is 2.58. The fourth-order valence-electron chi connectivity index (χ4n) is 2.05. The zero-order valence-corrected chi connectivity index (χ0v) is 15.2. The zero-order valence-electron chi connectivity index (χ0n) is 13.7. The van der Waals surface area contributed by atoms with Gasteiger partial charge in [0.1, 0.15) is 5.75 Å². The summed E-state index contributed by atoms with van der Waals surface area (Å²) in [5.41, 5.74) is 1.21. The normalized spacial score (nSPS) is 11.5. The molecule has 0 fully saturated rings. The Kier molecular flexibility index (Phi) is 6.67. The van der Waals surface area contributed by atoms with Gasteiger partial charge >= 0.3 is 5.97 Å². The summed E-state index contributed by atoms with van der Waals surface area (Å²) in [5.74, 6) is -0.357. The molecule has 0 bridgehead atoms. The summed E-state index contributed by atoms with van der Waals surface area (Å²) < 4.78 is 10.2. The molecule has 0 aliphatic carbocycles. The highest BCUT2D eigenvalue weighted by molar-refractivity contribution is 6.42. The minimum atomic E-state index is -0.943. The lowest BCUT2D eigenvalue weighted by Crippen LogP contribution is -2.30. The molecule has 0 aliphatic rings. The molecule has 1 N–H and O–H groups in total. The summed E-state index contributed by atoms with van der Waals surface area (Å²) in [5, 5.41) is 3.43. The maximum atomic E-state index is 12.1. The molecule has 0 heterocycles. The minimum absolute atomic E-state index is 0.00628. The van der Waals surface area contributed by atoms with Crippen molar-refractivity contribution in [2.75, 3.05) is 12.4 Å². The van der Waals surface area contributed by atoms with Gasteiger partial charge < -0.3 is 14.8 Å². The van der Waals surface area contributed by atoms with E-state index in [9.17, 15) is 9.59 Å². The second-order valence-electron chi connectivity index (χ2n) is 5.28. The highest BCUT2D eigenvalue weighted by Gasteiger charge is 2.18. The SMILES string of the molecule is COc1cccc(NC(=O)[C@@H](C)OC(=O)Cc2ccc(Cl)c(Cl)c2)c1. The van der Waals surface area contributed by atoms with Gasteiger partial charge in [-0.2, -0.15) is 0 Å². The molecule has 1 amide bonds. The number of ether oxygens (including phenoxy) is 2. The van der Waals surface area contributed by atoms with Crippen molar-refractivity contribution in [3.05, 3.63) is 58.1 Å².